The van der Waals surface area contributed by atoms with Gasteiger partial charge >= 0.3 is 118 Å². The third-order valence-electron chi connectivity index (χ3n) is 2.12. The van der Waals surface area contributed by atoms with Gasteiger partial charge in [0.15, 0.2) is 0 Å². The van der Waals surface area contributed by atoms with Gasteiger partial charge in [0.05, 0.1) is 0 Å². The van der Waals surface area contributed by atoms with Crippen LogP contribution in [-0.2, 0) is 9.05 Å². The second-order valence-corrected chi connectivity index (χ2v) is 9.22. The molecule has 0 aliphatic carbocycles. The molecule has 2 rings (SSSR count). The summed E-state index contributed by atoms with van der Waals surface area (Å²) in [5, 5.41) is 4.09. The molecule has 0 atom stereocenters. The minimum atomic E-state index is -2.17. The SMILES string of the molecule is CCOP(=[Se])(Nc1nc2ccccc2s1)OCC. The first-order valence-electron chi connectivity index (χ1n) is 5.70. The van der Waals surface area contributed by atoms with Crippen molar-refractivity contribution in [2.45, 2.75) is 13.8 Å². The fourth-order valence-electron chi connectivity index (χ4n) is 1.48. The first kappa shape index (κ1) is 14.2. The van der Waals surface area contributed by atoms with Crippen molar-refractivity contribution in [3.63, 3.8) is 0 Å². The molecule has 0 spiro atoms. The molecule has 0 fully saturated rings. The van der Waals surface area contributed by atoms with Crippen LogP contribution in [0.4, 0.5) is 5.13 Å². The van der Waals surface area contributed by atoms with Gasteiger partial charge in [0.25, 0.3) is 0 Å². The van der Waals surface area contributed by atoms with Crippen molar-refractivity contribution < 1.29 is 9.05 Å². The third kappa shape index (κ3) is 3.41. The number of benzene rings is 1. The fraction of sp³-hybridized carbons (Fsp3) is 0.364. The van der Waals surface area contributed by atoms with Crippen LogP contribution in [0.5, 0.6) is 0 Å². The van der Waals surface area contributed by atoms with E-state index in [4.69, 9.17) is 9.05 Å². The maximum atomic E-state index is 5.66. The van der Waals surface area contributed by atoms with E-state index in [-0.39, 0.29) is 0 Å². The number of aromatic nitrogens is 1. The Balaban J connectivity index is 2.23. The van der Waals surface area contributed by atoms with Gasteiger partial charge in [-0.3, -0.25) is 0 Å². The monoisotopic (exact) mass is 350 g/mol. The topological polar surface area (TPSA) is 43.4 Å². The summed E-state index contributed by atoms with van der Waals surface area (Å²) in [5.41, 5.74) is 0.990. The van der Waals surface area contributed by atoms with Crippen molar-refractivity contribution in [1.82, 2.24) is 4.98 Å². The molecule has 1 aromatic carbocycles. The van der Waals surface area contributed by atoms with Crippen LogP contribution in [-0.4, -0.2) is 33.3 Å². The average Bonchev–Trinajstić information content (AvgIpc) is 2.70. The first-order chi connectivity index (χ1) is 8.67. The van der Waals surface area contributed by atoms with Gasteiger partial charge in [0.1, 0.15) is 0 Å². The van der Waals surface area contributed by atoms with Gasteiger partial charge in [0, 0.05) is 0 Å². The molecule has 1 heterocycles. The van der Waals surface area contributed by atoms with E-state index in [2.05, 4.69) is 31.2 Å². The number of anilines is 1. The summed E-state index contributed by atoms with van der Waals surface area (Å²) >= 11 is 4.61. The first-order valence-corrected chi connectivity index (χ1v) is 10.4. The molecule has 18 heavy (non-hydrogen) atoms. The standard InChI is InChI=1S/C11H15N2O2PSSe/c1-3-14-16(18,15-4-2)13-11-12-9-7-5-6-8-10(9)17-11/h5-8H,3-4H2,1-2H3,(H,12,13,18). The molecule has 0 bridgehead atoms. The number of rotatable bonds is 6. The average molecular weight is 349 g/mol. The fourth-order valence-corrected chi connectivity index (χ4v) is 6.17. The number of hydrogen-bond acceptors (Lipinski definition) is 5. The summed E-state index contributed by atoms with van der Waals surface area (Å²) in [4.78, 5) is 4.52. The molecule has 98 valence electrons. The molecule has 0 aliphatic heterocycles. The summed E-state index contributed by atoms with van der Waals surface area (Å²) in [6, 6.07) is 8.05. The molecule has 0 saturated heterocycles. The van der Waals surface area contributed by atoms with Gasteiger partial charge in [-0.1, -0.05) is 0 Å². The molecule has 2 aromatic rings. The van der Waals surface area contributed by atoms with Crippen molar-refractivity contribution >= 4 is 47.9 Å². The van der Waals surface area contributed by atoms with Crippen molar-refractivity contribution in [3.8, 4) is 0 Å². The van der Waals surface area contributed by atoms with Crippen LogP contribution < -0.4 is 5.09 Å². The van der Waals surface area contributed by atoms with E-state index in [1.54, 1.807) is 11.3 Å². The van der Waals surface area contributed by atoms with Gasteiger partial charge in [-0.05, 0) is 0 Å². The van der Waals surface area contributed by atoms with Crippen molar-refractivity contribution in [2.75, 3.05) is 18.3 Å². The molecule has 1 N–H and O–H groups in total. The van der Waals surface area contributed by atoms with Gasteiger partial charge in [-0.25, -0.2) is 0 Å². The predicted molar refractivity (Wildman–Crippen MR) is 79.2 cm³/mol. The third-order valence-corrected chi connectivity index (χ3v) is 6.81. The second-order valence-electron chi connectivity index (χ2n) is 3.43. The van der Waals surface area contributed by atoms with Gasteiger partial charge in [-0.15, -0.1) is 0 Å². The molecule has 7 heteroatoms. The van der Waals surface area contributed by atoms with E-state index in [1.807, 2.05) is 32.0 Å². The Hall–Kier alpha value is -0.221. The molecule has 1 aromatic heterocycles. The maximum absolute atomic E-state index is 5.66. The van der Waals surface area contributed by atoms with E-state index >= 15 is 0 Å². The molecular weight excluding hydrogens is 334 g/mol. The summed E-state index contributed by atoms with van der Waals surface area (Å²) < 4.78 is 12.5. The number of para-hydroxylation sites is 1. The van der Waals surface area contributed by atoms with Crippen LogP contribution in [0.15, 0.2) is 24.3 Å². The van der Waals surface area contributed by atoms with Crippen LogP contribution >= 0.6 is 17.4 Å². The summed E-state index contributed by atoms with van der Waals surface area (Å²) in [7, 11) is 0. The van der Waals surface area contributed by atoms with Crippen molar-refractivity contribution in [3.05, 3.63) is 24.3 Å². The Kier molecular flexibility index (Phi) is 4.96. The van der Waals surface area contributed by atoms with E-state index in [0.29, 0.717) is 13.2 Å². The Bertz CT molecular complexity index is 532. The van der Waals surface area contributed by atoms with E-state index in [9.17, 15) is 0 Å². The van der Waals surface area contributed by atoms with Crippen LogP contribution in [0, 0.1) is 0 Å². The summed E-state index contributed by atoms with van der Waals surface area (Å²) in [5.74, 6) is 0. The van der Waals surface area contributed by atoms with Crippen LogP contribution in [0.3, 0.4) is 0 Å². The van der Waals surface area contributed by atoms with E-state index in [1.165, 1.54) is 0 Å². The number of nitrogens with zero attached hydrogens (tertiary/aromatic N) is 1. The Labute approximate surface area is 118 Å². The molecule has 4 nitrogen and oxygen atoms in total. The van der Waals surface area contributed by atoms with Gasteiger partial charge < -0.3 is 0 Å². The quantitative estimate of drug-likeness (QED) is 0.639. The zero-order valence-electron chi connectivity index (χ0n) is 10.3. The van der Waals surface area contributed by atoms with Gasteiger partial charge in [0.2, 0.25) is 0 Å². The van der Waals surface area contributed by atoms with Crippen LogP contribution in [0.25, 0.3) is 10.2 Å². The molecule has 0 saturated carbocycles. The predicted octanol–water partition coefficient (Wildman–Crippen LogP) is 3.63. The van der Waals surface area contributed by atoms with E-state index < -0.39 is 6.11 Å². The summed E-state index contributed by atoms with van der Waals surface area (Å²) in [6.45, 7) is 5.09. The normalized spacial score (nSPS) is 11.9. The minimum absolute atomic E-state index is 0.596. The van der Waals surface area contributed by atoms with Crippen molar-refractivity contribution in [1.29, 1.82) is 0 Å². The molecule has 0 aliphatic rings. The number of hydrogen-bond donors (Lipinski definition) is 1. The Morgan fingerprint density at radius 2 is 1.94 bits per heavy atom. The van der Waals surface area contributed by atoms with Crippen LogP contribution in [0.2, 0.25) is 0 Å². The number of fused-ring (bicyclic) bond motifs is 1. The molecule has 0 amide bonds. The molecule has 0 unspecified atom stereocenters. The zero-order chi connectivity index (χ0) is 13.0. The molecular formula is C11H15N2O2PSSe. The Morgan fingerprint density at radius 1 is 1.28 bits per heavy atom. The van der Waals surface area contributed by atoms with E-state index in [0.717, 1.165) is 15.3 Å². The number of nitrogens with one attached hydrogen (secondary N) is 1. The van der Waals surface area contributed by atoms with Gasteiger partial charge in [-0.2, -0.15) is 0 Å². The Morgan fingerprint density at radius 3 is 2.56 bits per heavy atom. The van der Waals surface area contributed by atoms with Crippen molar-refractivity contribution in [2.24, 2.45) is 0 Å². The number of thiazole rings is 1. The van der Waals surface area contributed by atoms with Crippen LogP contribution in [0.1, 0.15) is 13.8 Å². The zero-order valence-corrected chi connectivity index (χ0v) is 13.7. The molecule has 0 radical (unpaired) electrons. The second kappa shape index (κ2) is 6.29. The summed E-state index contributed by atoms with van der Waals surface area (Å²) in [6.07, 6.45) is -2.17.